The average molecular weight is 314 g/mol. The van der Waals surface area contributed by atoms with Crippen molar-refractivity contribution < 1.29 is 9.59 Å². The first kappa shape index (κ1) is 14.8. The number of ketones is 1. The number of nitrogens with zero attached hydrogens (tertiary/aromatic N) is 2. The molecule has 0 aliphatic carbocycles. The highest BCUT2D eigenvalue weighted by molar-refractivity contribution is 7.12. The Labute approximate surface area is 134 Å². The molecule has 1 amide bonds. The summed E-state index contributed by atoms with van der Waals surface area (Å²) in [6, 6.07) is 11.6. The van der Waals surface area contributed by atoms with Crippen LogP contribution in [0.3, 0.4) is 0 Å². The van der Waals surface area contributed by atoms with Crippen molar-refractivity contribution >= 4 is 34.4 Å². The third-order valence-corrected chi connectivity index (χ3v) is 4.82. The van der Waals surface area contributed by atoms with Crippen molar-refractivity contribution in [3.05, 3.63) is 46.7 Å². The van der Waals surface area contributed by atoms with Crippen LogP contribution in [0.25, 0.3) is 0 Å². The fourth-order valence-corrected chi connectivity index (χ4v) is 3.38. The van der Waals surface area contributed by atoms with E-state index in [2.05, 4.69) is 4.90 Å². The molecular weight excluding hydrogens is 296 g/mol. The van der Waals surface area contributed by atoms with E-state index in [1.807, 2.05) is 48.8 Å². The fourth-order valence-electron chi connectivity index (χ4n) is 2.68. The van der Waals surface area contributed by atoms with E-state index >= 15 is 0 Å². The van der Waals surface area contributed by atoms with Crippen molar-refractivity contribution in [1.29, 1.82) is 0 Å². The summed E-state index contributed by atoms with van der Waals surface area (Å²) in [5, 5.41) is 1.88. The van der Waals surface area contributed by atoms with Gasteiger partial charge in [0, 0.05) is 33.0 Å². The maximum absolute atomic E-state index is 12.5. The zero-order valence-corrected chi connectivity index (χ0v) is 13.3. The third kappa shape index (κ3) is 2.90. The predicted octanol–water partition coefficient (Wildman–Crippen LogP) is 3.19. The first-order valence-corrected chi connectivity index (χ1v) is 8.22. The number of Topliss-reactive ketones (excluding diaryl/α,β-unsaturated/α-hetero) is 1. The van der Waals surface area contributed by atoms with Crippen LogP contribution in [0, 0.1) is 0 Å². The van der Waals surface area contributed by atoms with Crippen LogP contribution in [-0.2, 0) is 4.79 Å². The van der Waals surface area contributed by atoms with Crippen LogP contribution < -0.4 is 9.80 Å². The zero-order chi connectivity index (χ0) is 15.5. The van der Waals surface area contributed by atoms with Gasteiger partial charge in [0.2, 0.25) is 5.91 Å². The van der Waals surface area contributed by atoms with Crippen LogP contribution in [0.2, 0.25) is 0 Å². The number of hydrogen-bond donors (Lipinski definition) is 0. The molecule has 0 saturated heterocycles. The minimum atomic E-state index is 0.0189. The van der Waals surface area contributed by atoms with Gasteiger partial charge in [-0.1, -0.05) is 18.2 Å². The van der Waals surface area contributed by atoms with Crippen molar-refractivity contribution in [2.24, 2.45) is 0 Å². The summed E-state index contributed by atoms with van der Waals surface area (Å²) < 4.78 is 0. The number of carbonyl (C=O) groups excluding carboxylic acids is 2. The molecule has 2 heterocycles. The van der Waals surface area contributed by atoms with E-state index in [9.17, 15) is 9.59 Å². The number of rotatable bonds is 4. The number of thiophene rings is 1. The Morgan fingerprint density at radius 1 is 1.05 bits per heavy atom. The van der Waals surface area contributed by atoms with Gasteiger partial charge in [-0.3, -0.25) is 9.59 Å². The summed E-state index contributed by atoms with van der Waals surface area (Å²) in [5.41, 5.74) is 2.00. The molecule has 2 aromatic rings. The van der Waals surface area contributed by atoms with Gasteiger partial charge in [-0.2, -0.15) is 0 Å². The number of hydrogen-bond acceptors (Lipinski definition) is 4. The smallest absolute Gasteiger partial charge is 0.227 e. The molecule has 0 fully saturated rings. The molecule has 1 aliphatic heterocycles. The summed E-state index contributed by atoms with van der Waals surface area (Å²) in [6.45, 7) is 1.47. The predicted molar refractivity (Wildman–Crippen MR) is 89.9 cm³/mol. The molecular formula is C17H18N2O2S. The van der Waals surface area contributed by atoms with Gasteiger partial charge in [-0.05, 0) is 23.6 Å². The second kappa shape index (κ2) is 6.32. The van der Waals surface area contributed by atoms with Crippen molar-refractivity contribution in [3.8, 4) is 0 Å². The van der Waals surface area contributed by atoms with Crippen LogP contribution in [0.1, 0.15) is 22.5 Å². The average Bonchev–Trinajstić information content (AvgIpc) is 3.07. The SMILES string of the molecule is CN1CCN(C(=O)CCC(=O)c2cccs2)c2ccccc21. The summed E-state index contributed by atoms with van der Waals surface area (Å²) >= 11 is 1.43. The Balaban J connectivity index is 1.68. The third-order valence-electron chi connectivity index (χ3n) is 3.91. The van der Waals surface area contributed by atoms with Gasteiger partial charge >= 0.3 is 0 Å². The number of benzene rings is 1. The minimum Gasteiger partial charge on any atom is -0.371 e. The van der Waals surface area contributed by atoms with Crippen LogP contribution in [0.15, 0.2) is 41.8 Å². The molecule has 0 saturated carbocycles. The first-order valence-electron chi connectivity index (χ1n) is 7.34. The Morgan fingerprint density at radius 3 is 2.55 bits per heavy atom. The van der Waals surface area contributed by atoms with Gasteiger partial charge in [0.15, 0.2) is 5.78 Å². The van der Waals surface area contributed by atoms with Crippen molar-refractivity contribution in [3.63, 3.8) is 0 Å². The van der Waals surface area contributed by atoms with Crippen LogP contribution >= 0.6 is 11.3 Å². The Hall–Kier alpha value is -2.14. The molecule has 114 valence electrons. The van der Waals surface area contributed by atoms with Gasteiger partial charge < -0.3 is 9.80 Å². The van der Waals surface area contributed by atoms with Gasteiger partial charge in [0.05, 0.1) is 16.3 Å². The molecule has 3 rings (SSSR count). The van der Waals surface area contributed by atoms with Crippen LogP contribution in [0.4, 0.5) is 11.4 Å². The number of likely N-dealkylation sites (N-methyl/N-ethyl adjacent to an activating group) is 1. The number of carbonyl (C=O) groups is 2. The lowest BCUT2D eigenvalue weighted by molar-refractivity contribution is -0.118. The molecule has 0 bridgehead atoms. The maximum Gasteiger partial charge on any atom is 0.227 e. The maximum atomic E-state index is 12.5. The lowest BCUT2D eigenvalue weighted by atomic mass is 10.1. The first-order chi connectivity index (χ1) is 10.7. The van der Waals surface area contributed by atoms with Crippen LogP contribution in [0.5, 0.6) is 0 Å². The lowest BCUT2D eigenvalue weighted by Gasteiger charge is -2.35. The molecule has 22 heavy (non-hydrogen) atoms. The number of para-hydroxylation sites is 2. The summed E-state index contributed by atoms with van der Waals surface area (Å²) in [6.07, 6.45) is 0.530. The van der Waals surface area contributed by atoms with E-state index in [4.69, 9.17) is 0 Å². The fraction of sp³-hybridized carbons (Fsp3) is 0.294. The van der Waals surface area contributed by atoms with E-state index in [1.165, 1.54) is 11.3 Å². The molecule has 1 aromatic heterocycles. The highest BCUT2D eigenvalue weighted by Gasteiger charge is 2.25. The molecule has 0 N–H and O–H groups in total. The molecule has 0 spiro atoms. The van der Waals surface area contributed by atoms with E-state index < -0.39 is 0 Å². The van der Waals surface area contributed by atoms with E-state index in [0.29, 0.717) is 6.54 Å². The highest BCUT2D eigenvalue weighted by atomic mass is 32.1. The van der Waals surface area contributed by atoms with Crippen molar-refractivity contribution in [2.45, 2.75) is 12.8 Å². The Bertz CT molecular complexity index is 682. The zero-order valence-electron chi connectivity index (χ0n) is 12.5. The second-order valence-electron chi connectivity index (χ2n) is 5.36. The number of amides is 1. The van der Waals surface area contributed by atoms with Gasteiger partial charge in [0.1, 0.15) is 0 Å². The topological polar surface area (TPSA) is 40.6 Å². The van der Waals surface area contributed by atoms with Crippen molar-refractivity contribution in [1.82, 2.24) is 0 Å². The molecule has 4 nitrogen and oxygen atoms in total. The molecule has 0 radical (unpaired) electrons. The summed E-state index contributed by atoms with van der Waals surface area (Å²) in [4.78, 5) is 29.2. The van der Waals surface area contributed by atoms with Gasteiger partial charge in [0.25, 0.3) is 0 Å². The molecule has 0 unspecified atom stereocenters. The van der Waals surface area contributed by atoms with Crippen molar-refractivity contribution in [2.75, 3.05) is 29.9 Å². The molecule has 1 aliphatic rings. The lowest BCUT2D eigenvalue weighted by Crippen LogP contribution is -2.42. The molecule has 0 atom stereocenters. The van der Waals surface area contributed by atoms with Crippen LogP contribution in [-0.4, -0.2) is 31.8 Å². The Kier molecular flexibility index (Phi) is 4.24. The second-order valence-corrected chi connectivity index (χ2v) is 6.30. The largest absolute Gasteiger partial charge is 0.371 e. The standard InChI is InChI=1S/C17H18N2O2S/c1-18-10-11-19(14-6-3-2-5-13(14)18)17(21)9-8-15(20)16-7-4-12-22-16/h2-7,12H,8-11H2,1H3. The van der Waals surface area contributed by atoms with Gasteiger partial charge in [-0.15, -0.1) is 11.3 Å². The summed E-state index contributed by atoms with van der Waals surface area (Å²) in [5.74, 6) is 0.0659. The van der Waals surface area contributed by atoms with E-state index in [0.717, 1.165) is 22.8 Å². The summed E-state index contributed by atoms with van der Waals surface area (Å²) in [7, 11) is 2.03. The van der Waals surface area contributed by atoms with Gasteiger partial charge in [-0.25, -0.2) is 0 Å². The van der Waals surface area contributed by atoms with E-state index in [-0.39, 0.29) is 24.5 Å². The highest BCUT2D eigenvalue weighted by Crippen LogP contribution is 2.32. The molecule has 5 heteroatoms. The number of anilines is 2. The molecule has 1 aromatic carbocycles. The number of fused-ring (bicyclic) bond motifs is 1. The minimum absolute atomic E-state index is 0.0189. The van der Waals surface area contributed by atoms with E-state index in [1.54, 1.807) is 4.90 Å². The monoisotopic (exact) mass is 314 g/mol. The Morgan fingerprint density at radius 2 is 1.82 bits per heavy atom. The quantitative estimate of drug-likeness (QED) is 0.814. The normalized spacial score (nSPS) is 13.9.